The van der Waals surface area contributed by atoms with Crippen LogP contribution in [0.1, 0.15) is 122 Å². The Hall–Kier alpha value is -2.45. The summed E-state index contributed by atoms with van der Waals surface area (Å²) >= 11 is 12.2. The molecule has 274 valence electrons. The Kier molecular flexibility index (Phi) is 20.1. The lowest BCUT2D eigenvalue weighted by atomic mass is 9.79. The number of amides is 2. The number of rotatable bonds is 15. The van der Waals surface area contributed by atoms with Gasteiger partial charge in [-0.3, -0.25) is 19.3 Å². The average Bonchev–Trinajstić information content (AvgIpc) is 3.59. The number of anilines is 1. The highest BCUT2D eigenvalue weighted by atomic mass is 35.5. The number of hydrogen-bond acceptors (Lipinski definition) is 5. The Labute approximate surface area is 306 Å². The number of hydrogen-bond donors (Lipinski definition) is 2. The molecular weight excluding hydrogens is 657 g/mol. The number of ether oxygens (including phenoxy) is 1. The average molecular weight is 719 g/mol. The van der Waals surface area contributed by atoms with Gasteiger partial charge in [0, 0.05) is 24.2 Å². The van der Waals surface area contributed by atoms with Crippen molar-refractivity contribution in [2.75, 3.05) is 38.2 Å². The molecule has 7 nitrogen and oxygen atoms in total. The highest BCUT2D eigenvalue weighted by Gasteiger charge is 2.41. The van der Waals surface area contributed by atoms with Crippen molar-refractivity contribution < 1.29 is 19.1 Å². The van der Waals surface area contributed by atoms with Crippen LogP contribution in [0.3, 0.4) is 0 Å². The number of nitrogens with zero attached hydrogens (tertiary/aromatic N) is 1. The molecule has 2 N–H and O–H groups in total. The first kappa shape index (κ1) is 42.7. The molecule has 2 aromatic carbocycles. The Morgan fingerprint density at radius 3 is 2.10 bits per heavy atom. The zero-order chi connectivity index (χ0) is 36.2. The van der Waals surface area contributed by atoms with Crippen molar-refractivity contribution in [1.82, 2.24) is 10.2 Å². The molecule has 0 spiro atoms. The van der Waals surface area contributed by atoms with E-state index in [2.05, 4.69) is 36.3 Å². The molecule has 0 aromatic heterocycles. The first-order chi connectivity index (χ1) is 23.6. The molecule has 1 heterocycles. The van der Waals surface area contributed by atoms with E-state index in [-0.39, 0.29) is 32.7 Å². The van der Waals surface area contributed by atoms with Crippen molar-refractivity contribution in [2.24, 2.45) is 11.3 Å². The van der Waals surface area contributed by atoms with Crippen LogP contribution in [-0.4, -0.2) is 61.4 Å². The molecule has 2 aromatic rings. The van der Waals surface area contributed by atoms with Crippen molar-refractivity contribution in [3.8, 4) is 0 Å². The fourth-order valence-corrected chi connectivity index (χ4v) is 6.83. The molecule has 1 saturated heterocycles. The third-order valence-corrected chi connectivity index (χ3v) is 10.3. The molecule has 1 aliphatic heterocycles. The van der Waals surface area contributed by atoms with Gasteiger partial charge < -0.3 is 15.4 Å². The van der Waals surface area contributed by atoms with Crippen LogP contribution in [0.2, 0.25) is 10.0 Å². The van der Waals surface area contributed by atoms with Gasteiger partial charge in [-0.25, -0.2) is 0 Å². The van der Waals surface area contributed by atoms with Crippen molar-refractivity contribution in [3.05, 3.63) is 63.6 Å². The summed E-state index contributed by atoms with van der Waals surface area (Å²) in [6, 6.07) is 11.5. The second-order valence-corrected chi connectivity index (χ2v) is 14.1. The van der Waals surface area contributed by atoms with Crippen molar-refractivity contribution in [2.45, 2.75) is 118 Å². The van der Waals surface area contributed by atoms with Crippen molar-refractivity contribution in [3.63, 3.8) is 0 Å². The predicted octanol–water partition coefficient (Wildman–Crippen LogP) is 9.78. The largest absolute Gasteiger partial charge is 0.379 e. The zero-order valence-corrected chi connectivity index (χ0v) is 32.4. The smallest absolute Gasteiger partial charge is 0.258 e. The number of carbonyl (C=O) groups excluding carboxylic acids is 3. The Bertz CT molecular complexity index is 1250. The minimum absolute atomic E-state index is 0.0202. The summed E-state index contributed by atoms with van der Waals surface area (Å²) < 4.78 is 5.29. The number of morpholine rings is 1. The predicted molar refractivity (Wildman–Crippen MR) is 205 cm³/mol. The summed E-state index contributed by atoms with van der Waals surface area (Å²) in [7, 11) is 0. The first-order valence-electron chi connectivity index (χ1n) is 18.5. The fourth-order valence-electron chi connectivity index (χ4n) is 6.26. The van der Waals surface area contributed by atoms with Gasteiger partial charge in [0.1, 0.15) is 0 Å². The van der Waals surface area contributed by atoms with E-state index in [1.807, 2.05) is 26.0 Å². The number of ketones is 1. The van der Waals surface area contributed by atoms with Gasteiger partial charge in [-0.1, -0.05) is 115 Å². The minimum Gasteiger partial charge on any atom is -0.379 e. The second kappa shape index (κ2) is 23.1. The van der Waals surface area contributed by atoms with Crippen LogP contribution in [0.15, 0.2) is 42.5 Å². The molecule has 2 unspecified atom stereocenters. The van der Waals surface area contributed by atoms with Gasteiger partial charge in [-0.2, -0.15) is 0 Å². The van der Waals surface area contributed by atoms with Gasteiger partial charge in [0.15, 0.2) is 5.78 Å². The topological polar surface area (TPSA) is 87.7 Å². The van der Waals surface area contributed by atoms with E-state index in [4.69, 9.17) is 27.9 Å². The maximum Gasteiger partial charge on any atom is 0.258 e. The second-order valence-electron chi connectivity index (χ2n) is 13.3. The fraction of sp³-hybridized carbons (Fsp3) is 0.625. The number of nitrogens with one attached hydrogen (secondary N) is 2. The molecule has 0 radical (unpaired) electrons. The molecule has 49 heavy (non-hydrogen) atoms. The van der Waals surface area contributed by atoms with Crippen LogP contribution in [-0.2, 0) is 20.7 Å². The molecule has 0 bridgehead atoms. The summed E-state index contributed by atoms with van der Waals surface area (Å²) in [6.45, 7) is 17.7. The molecule has 2 fully saturated rings. The summed E-state index contributed by atoms with van der Waals surface area (Å²) in [6.07, 6.45) is 11.2. The van der Waals surface area contributed by atoms with E-state index in [0.29, 0.717) is 12.1 Å². The minimum atomic E-state index is -0.575. The maximum absolute atomic E-state index is 13.3. The van der Waals surface area contributed by atoms with Gasteiger partial charge in [-0.15, -0.1) is 0 Å². The molecule has 2 amide bonds. The van der Waals surface area contributed by atoms with Gasteiger partial charge in [0.05, 0.1) is 34.9 Å². The standard InChI is InChI=1S/C28H34Cl2N2O3.C10H21NO.C2H6/c1-3-4-5-15-28(16-6-7-17-28)27(35)32-24(19(2)33)18-20-11-13-21(14-12-20)31-26(34)25-22(29)9-8-10-23(25)30;1-3-10(2)4-5-11-6-8-12-9-7-11;1-2/h8-14,24H,3-7,15-18H2,1-2H3,(H,31,34)(H,32,35);10H,3-9H2,1-2H3;1-2H3. The summed E-state index contributed by atoms with van der Waals surface area (Å²) in [5, 5.41) is 6.42. The molecule has 4 rings (SSSR count). The lowest BCUT2D eigenvalue weighted by molar-refractivity contribution is -0.134. The van der Waals surface area contributed by atoms with Crippen molar-refractivity contribution in [1.29, 1.82) is 0 Å². The van der Waals surface area contributed by atoms with Gasteiger partial charge >= 0.3 is 0 Å². The van der Waals surface area contributed by atoms with E-state index in [0.717, 1.165) is 89.2 Å². The van der Waals surface area contributed by atoms with E-state index in [9.17, 15) is 14.4 Å². The van der Waals surface area contributed by atoms with E-state index < -0.39 is 11.9 Å². The van der Waals surface area contributed by atoms with Gasteiger partial charge in [-0.05, 0) is 81.3 Å². The SMILES string of the molecule is CC.CCC(C)CCN1CCOCC1.CCCCCC1(C(=O)NC(Cc2ccc(NC(=O)c3c(Cl)cccc3Cl)cc2)C(C)=O)CCCC1. The monoisotopic (exact) mass is 717 g/mol. The molecule has 1 saturated carbocycles. The van der Waals surface area contributed by atoms with Crippen LogP contribution in [0.25, 0.3) is 0 Å². The molecule has 9 heteroatoms. The quantitative estimate of drug-likeness (QED) is 0.179. The van der Waals surface area contributed by atoms with Gasteiger partial charge in [0.2, 0.25) is 5.91 Å². The highest BCUT2D eigenvalue weighted by Crippen LogP contribution is 2.43. The number of Topliss-reactive ketones (excluding diaryl/α,β-unsaturated/α-hetero) is 1. The van der Waals surface area contributed by atoms with E-state index >= 15 is 0 Å². The third kappa shape index (κ3) is 14.4. The van der Waals surface area contributed by atoms with Gasteiger partial charge in [0.25, 0.3) is 5.91 Å². The first-order valence-corrected chi connectivity index (χ1v) is 19.3. The normalized spacial score (nSPS) is 16.7. The summed E-state index contributed by atoms with van der Waals surface area (Å²) in [5.74, 6) is 0.442. The van der Waals surface area contributed by atoms with Crippen LogP contribution >= 0.6 is 23.2 Å². The highest BCUT2D eigenvalue weighted by molar-refractivity contribution is 6.40. The van der Waals surface area contributed by atoms with Crippen LogP contribution < -0.4 is 10.6 Å². The third-order valence-electron chi connectivity index (χ3n) is 9.68. The molecule has 2 aliphatic rings. The van der Waals surface area contributed by atoms with Crippen LogP contribution in [0.5, 0.6) is 0 Å². The Balaban J connectivity index is 0.000000498. The molecule has 2 atom stereocenters. The molecular formula is C40H61Cl2N3O4. The molecule has 1 aliphatic carbocycles. The lowest BCUT2D eigenvalue weighted by Crippen LogP contribution is -2.48. The number of halogens is 2. The number of carbonyl (C=O) groups is 3. The lowest BCUT2D eigenvalue weighted by Gasteiger charge is -2.30. The Morgan fingerprint density at radius 1 is 0.939 bits per heavy atom. The maximum atomic E-state index is 13.3. The van der Waals surface area contributed by atoms with E-state index in [1.165, 1.54) is 26.3 Å². The number of benzene rings is 2. The summed E-state index contributed by atoms with van der Waals surface area (Å²) in [5.41, 5.74) is 1.36. The zero-order valence-electron chi connectivity index (χ0n) is 30.8. The Morgan fingerprint density at radius 2 is 1.55 bits per heavy atom. The van der Waals surface area contributed by atoms with Crippen LogP contribution in [0, 0.1) is 11.3 Å². The van der Waals surface area contributed by atoms with Crippen LogP contribution in [0.4, 0.5) is 5.69 Å². The van der Waals surface area contributed by atoms with E-state index in [1.54, 1.807) is 30.3 Å². The number of unbranched alkanes of at least 4 members (excludes halogenated alkanes) is 2. The van der Waals surface area contributed by atoms with Crippen molar-refractivity contribution >= 4 is 46.5 Å². The summed E-state index contributed by atoms with van der Waals surface area (Å²) in [4.78, 5) is 40.8.